The molecule has 1 aliphatic heterocycles. The zero-order chi connectivity index (χ0) is 20.9. The van der Waals surface area contributed by atoms with Crippen LogP contribution >= 0.6 is 12.2 Å². The highest BCUT2D eigenvalue weighted by Crippen LogP contribution is 2.32. The molecule has 1 heterocycles. The minimum atomic E-state index is -3.83. The fourth-order valence-corrected chi connectivity index (χ4v) is 3.75. The molecule has 0 saturated carbocycles. The number of hydrogen-bond acceptors (Lipinski definition) is 6. The summed E-state index contributed by atoms with van der Waals surface area (Å²) in [5.74, 6) is 0.480. The molecule has 0 atom stereocenters. The van der Waals surface area contributed by atoms with E-state index >= 15 is 0 Å². The van der Waals surface area contributed by atoms with E-state index in [1.807, 2.05) is 6.92 Å². The van der Waals surface area contributed by atoms with Crippen molar-refractivity contribution in [1.82, 2.24) is 16.2 Å². The van der Waals surface area contributed by atoms with E-state index in [4.69, 9.17) is 21.7 Å². The van der Waals surface area contributed by atoms with Gasteiger partial charge in [0, 0.05) is 23.9 Å². The largest absolute Gasteiger partial charge is 0.486 e. The zero-order valence-corrected chi connectivity index (χ0v) is 17.2. The van der Waals surface area contributed by atoms with Gasteiger partial charge in [0.25, 0.3) is 15.9 Å². The number of thiocarbonyl (C=S) groups is 1. The fourth-order valence-electron chi connectivity index (χ4n) is 2.49. The number of carbonyl (C=O) groups excluding carboxylic acids is 1. The lowest BCUT2D eigenvalue weighted by atomic mass is 10.2. The van der Waals surface area contributed by atoms with Crippen LogP contribution in [-0.4, -0.2) is 39.2 Å². The van der Waals surface area contributed by atoms with Gasteiger partial charge >= 0.3 is 0 Å². The molecular formula is C18H20N4O5S2. The Labute approximate surface area is 173 Å². The molecule has 2 aromatic rings. The Balaban J connectivity index is 1.65. The molecule has 0 saturated heterocycles. The third kappa shape index (κ3) is 5.27. The van der Waals surface area contributed by atoms with Gasteiger partial charge in [-0.1, -0.05) is 0 Å². The Bertz CT molecular complexity index is 1010. The van der Waals surface area contributed by atoms with E-state index in [-0.39, 0.29) is 4.90 Å². The summed E-state index contributed by atoms with van der Waals surface area (Å²) in [5.41, 5.74) is 5.66. The molecular weight excluding hydrogens is 416 g/mol. The van der Waals surface area contributed by atoms with Gasteiger partial charge in [-0.2, -0.15) is 0 Å². The first-order valence-electron chi connectivity index (χ1n) is 8.76. The second kappa shape index (κ2) is 8.97. The van der Waals surface area contributed by atoms with Crippen LogP contribution in [0.3, 0.4) is 0 Å². The Morgan fingerprint density at radius 2 is 1.72 bits per heavy atom. The normalized spacial score (nSPS) is 12.6. The number of benzene rings is 2. The van der Waals surface area contributed by atoms with Crippen LogP contribution in [0.1, 0.15) is 17.3 Å². The van der Waals surface area contributed by atoms with Crippen molar-refractivity contribution in [3.63, 3.8) is 0 Å². The van der Waals surface area contributed by atoms with Crippen molar-refractivity contribution in [3.05, 3.63) is 48.0 Å². The first-order chi connectivity index (χ1) is 13.9. The van der Waals surface area contributed by atoms with E-state index in [0.717, 1.165) is 0 Å². The molecule has 0 bridgehead atoms. The summed E-state index contributed by atoms with van der Waals surface area (Å²) < 4.78 is 38.5. The summed E-state index contributed by atoms with van der Waals surface area (Å²) in [7, 11) is -3.83. The van der Waals surface area contributed by atoms with E-state index < -0.39 is 15.9 Å². The van der Waals surface area contributed by atoms with Crippen LogP contribution < -0.4 is 30.4 Å². The minimum Gasteiger partial charge on any atom is -0.486 e. The van der Waals surface area contributed by atoms with Crippen molar-refractivity contribution in [2.24, 2.45) is 0 Å². The highest BCUT2D eigenvalue weighted by Gasteiger charge is 2.19. The Morgan fingerprint density at radius 1 is 1.03 bits per heavy atom. The number of sulfonamides is 1. The summed E-state index contributed by atoms with van der Waals surface area (Å²) in [6, 6.07) is 10.4. The molecule has 0 spiro atoms. The SMILES string of the molecule is CCNC(=S)NNC(=O)c1ccc(NS(=O)(=O)c2ccc3c(c2)OCCO3)cc1. The first-order valence-corrected chi connectivity index (χ1v) is 10.6. The topological polar surface area (TPSA) is 118 Å². The molecule has 2 aromatic carbocycles. The predicted octanol–water partition coefficient (Wildman–Crippen LogP) is 1.39. The highest BCUT2D eigenvalue weighted by atomic mass is 32.2. The molecule has 154 valence electrons. The van der Waals surface area contributed by atoms with Gasteiger partial charge in [0.05, 0.1) is 4.90 Å². The summed E-state index contributed by atoms with van der Waals surface area (Å²) in [6.45, 7) is 3.29. The van der Waals surface area contributed by atoms with Crippen molar-refractivity contribution in [2.45, 2.75) is 11.8 Å². The Kier molecular flexibility index (Phi) is 6.39. The third-order valence-electron chi connectivity index (χ3n) is 3.85. The van der Waals surface area contributed by atoms with E-state index in [1.54, 1.807) is 6.07 Å². The standard InChI is InChI=1S/C18H20N4O5S2/c1-2-19-18(28)21-20-17(23)12-3-5-13(6-4-12)22-29(24,25)14-7-8-15-16(11-14)27-10-9-26-15/h3-8,11,22H,2,9-10H2,1H3,(H,20,23)(H2,19,21,28). The van der Waals surface area contributed by atoms with Crippen LogP contribution in [-0.2, 0) is 10.0 Å². The monoisotopic (exact) mass is 436 g/mol. The van der Waals surface area contributed by atoms with Gasteiger partial charge in [-0.05, 0) is 55.5 Å². The van der Waals surface area contributed by atoms with E-state index in [9.17, 15) is 13.2 Å². The van der Waals surface area contributed by atoms with Crippen LogP contribution in [0.2, 0.25) is 0 Å². The van der Waals surface area contributed by atoms with Crippen molar-refractivity contribution < 1.29 is 22.7 Å². The molecule has 4 N–H and O–H groups in total. The van der Waals surface area contributed by atoms with Crippen LogP contribution in [0.25, 0.3) is 0 Å². The molecule has 1 aliphatic rings. The number of carbonyl (C=O) groups is 1. The number of amides is 1. The van der Waals surface area contributed by atoms with Gasteiger partial charge in [-0.3, -0.25) is 20.4 Å². The number of rotatable bonds is 5. The van der Waals surface area contributed by atoms with Gasteiger partial charge in [0.2, 0.25) is 0 Å². The summed E-state index contributed by atoms with van der Waals surface area (Å²) in [6.07, 6.45) is 0. The van der Waals surface area contributed by atoms with E-state index in [2.05, 4.69) is 20.9 Å². The predicted molar refractivity (Wildman–Crippen MR) is 112 cm³/mol. The fraction of sp³-hybridized carbons (Fsp3) is 0.222. The smallest absolute Gasteiger partial charge is 0.269 e. The lowest BCUT2D eigenvalue weighted by Gasteiger charge is -2.19. The number of nitrogens with one attached hydrogen (secondary N) is 4. The molecule has 29 heavy (non-hydrogen) atoms. The Morgan fingerprint density at radius 3 is 2.41 bits per heavy atom. The van der Waals surface area contributed by atoms with E-state index in [0.29, 0.717) is 47.6 Å². The van der Waals surface area contributed by atoms with Crippen molar-refractivity contribution in [3.8, 4) is 11.5 Å². The highest BCUT2D eigenvalue weighted by molar-refractivity contribution is 7.92. The van der Waals surface area contributed by atoms with E-state index in [1.165, 1.54) is 36.4 Å². The molecule has 0 aliphatic carbocycles. The molecule has 1 amide bonds. The number of hydrazine groups is 1. The van der Waals surface area contributed by atoms with Crippen LogP contribution in [0.15, 0.2) is 47.4 Å². The van der Waals surface area contributed by atoms with Crippen molar-refractivity contribution in [1.29, 1.82) is 0 Å². The van der Waals surface area contributed by atoms with Gasteiger partial charge < -0.3 is 14.8 Å². The molecule has 11 heteroatoms. The summed E-state index contributed by atoms with van der Waals surface area (Å²) in [5, 5.41) is 3.13. The third-order valence-corrected chi connectivity index (χ3v) is 5.48. The summed E-state index contributed by atoms with van der Waals surface area (Å²) in [4.78, 5) is 12.1. The van der Waals surface area contributed by atoms with Gasteiger partial charge in [0.15, 0.2) is 16.6 Å². The number of anilines is 1. The van der Waals surface area contributed by atoms with Crippen LogP contribution in [0, 0.1) is 0 Å². The number of ether oxygens (including phenoxy) is 2. The maximum absolute atomic E-state index is 12.6. The van der Waals surface area contributed by atoms with Gasteiger partial charge in [-0.15, -0.1) is 0 Å². The lowest BCUT2D eigenvalue weighted by Crippen LogP contribution is -2.46. The van der Waals surface area contributed by atoms with Crippen LogP contribution in [0.4, 0.5) is 5.69 Å². The molecule has 0 radical (unpaired) electrons. The maximum Gasteiger partial charge on any atom is 0.269 e. The minimum absolute atomic E-state index is 0.0460. The second-order valence-electron chi connectivity index (χ2n) is 5.93. The number of hydrogen-bond donors (Lipinski definition) is 4. The zero-order valence-electron chi connectivity index (χ0n) is 15.5. The first kappa shape index (κ1) is 20.7. The molecule has 0 aromatic heterocycles. The average Bonchev–Trinajstić information content (AvgIpc) is 2.72. The number of fused-ring (bicyclic) bond motifs is 1. The van der Waals surface area contributed by atoms with Gasteiger partial charge in [0.1, 0.15) is 13.2 Å². The molecule has 3 rings (SSSR count). The molecule has 0 unspecified atom stereocenters. The maximum atomic E-state index is 12.6. The Hall–Kier alpha value is -3.05. The molecule has 0 fully saturated rings. The molecule has 9 nitrogen and oxygen atoms in total. The van der Waals surface area contributed by atoms with Crippen molar-refractivity contribution >= 4 is 38.9 Å². The van der Waals surface area contributed by atoms with Crippen LogP contribution in [0.5, 0.6) is 11.5 Å². The quantitative estimate of drug-likeness (QED) is 0.410. The second-order valence-corrected chi connectivity index (χ2v) is 8.02. The lowest BCUT2D eigenvalue weighted by molar-refractivity contribution is 0.0943. The average molecular weight is 437 g/mol. The summed E-state index contributed by atoms with van der Waals surface area (Å²) >= 11 is 4.96. The van der Waals surface area contributed by atoms with Crippen molar-refractivity contribution in [2.75, 3.05) is 24.5 Å². The van der Waals surface area contributed by atoms with Gasteiger partial charge in [-0.25, -0.2) is 8.42 Å².